The number of piperidine rings is 1. The SMILES string of the molecule is O=C(c1ccc([N+](=O)[O-])o1)N1CCCC[C@H]1Cc1ccccc1. The van der Waals surface area contributed by atoms with E-state index < -0.39 is 10.8 Å². The molecule has 1 aliphatic rings. The summed E-state index contributed by atoms with van der Waals surface area (Å²) in [5.41, 5.74) is 1.18. The van der Waals surface area contributed by atoms with E-state index in [0.717, 1.165) is 25.7 Å². The number of nitro groups is 1. The van der Waals surface area contributed by atoms with E-state index in [1.54, 1.807) is 4.90 Å². The third-order valence-electron chi connectivity index (χ3n) is 4.18. The lowest BCUT2D eigenvalue weighted by Gasteiger charge is -2.35. The molecule has 1 aliphatic heterocycles. The van der Waals surface area contributed by atoms with Crippen LogP contribution in [0, 0.1) is 10.1 Å². The van der Waals surface area contributed by atoms with Crippen molar-refractivity contribution in [3.05, 3.63) is 63.9 Å². The van der Waals surface area contributed by atoms with E-state index >= 15 is 0 Å². The van der Waals surface area contributed by atoms with Gasteiger partial charge in [-0.25, -0.2) is 0 Å². The summed E-state index contributed by atoms with van der Waals surface area (Å²) in [6, 6.07) is 12.8. The second-order valence-corrected chi connectivity index (χ2v) is 5.73. The van der Waals surface area contributed by atoms with Gasteiger partial charge in [0, 0.05) is 12.6 Å². The van der Waals surface area contributed by atoms with E-state index in [4.69, 9.17) is 4.42 Å². The molecule has 1 saturated heterocycles. The van der Waals surface area contributed by atoms with E-state index in [1.165, 1.54) is 17.7 Å². The van der Waals surface area contributed by atoms with Crippen molar-refractivity contribution in [2.24, 2.45) is 0 Å². The highest BCUT2D eigenvalue weighted by atomic mass is 16.6. The topological polar surface area (TPSA) is 76.6 Å². The largest absolute Gasteiger partial charge is 0.433 e. The van der Waals surface area contributed by atoms with Crippen molar-refractivity contribution >= 4 is 11.8 Å². The number of carbonyl (C=O) groups excluding carboxylic acids is 1. The van der Waals surface area contributed by atoms with Crippen LogP contribution in [-0.2, 0) is 6.42 Å². The van der Waals surface area contributed by atoms with Gasteiger partial charge < -0.3 is 9.32 Å². The monoisotopic (exact) mass is 314 g/mol. The van der Waals surface area contributed by atoms with Gasteiger partial charge in [-0.15, -0.1) is 0 Å². The van der Waals surface area contributed by atoms with Gasteiger partial charge in [0.15, 0.2) is 5.76 Å². The van der Waals surface area contributed by atoms with Crippen molar-refractivity contribution in [3.63, 3.8) is 0 Å². The van der Waals surface area contributed by atoms with Gasteiger partial charge in [0.1, 0.15) is 4.92 Å². The quantitative estimate of drug-likeness (QED) is 0.640. The van der Waals surface area contributed by atoms with Gasteiger partial charge in [-0.2, -0.15) is 0 Å². The summed E-state index contributed by atoms with van der Waals surface area (Å²) in [5.74, 6) is -0.625. The van der Waals surface area contributed by atoms with Gasteiger partial charge in [-0.05, 0) is 37.3 Å². The Morgan fingerprint density at radius 2 is 2.00 bits per heavy atom. The van der Waals surface area contributed by atoms with Crippen LogP contribution < -0.4 is 0 Å². The molecule has 0 radical (unpaired) electrons. The molecule has 6 heteroatoms. The van der Waals surface area contributed by atoms with Gasteiger partial charge in [0.05, 0.1) is 6.07 Å². The maximum absolute atomic E-state index is 12.6. The summed E-state index contributed by atoms with van der Waals surface area (Å²) in [7, 11) is 0. The van der Waals surface area contributed by atoms with Crippen molar-refractivity contribution in [1.82, 2.24) is 4.90 Å². The molecule has 6 nitrogen and oxygen atoms in total. The molecule has 0 bridgehead atoms. The van der Waals surface area contributed by atoms with E-state index in [9.17, 15) is 14.9 Å². The zero-order valence-electron chi connectivity index (χ0n) is 12.7. The third-order valence-corrected chi connectivity index (χ3v) is 4.18. The van der Waals surface area contributed by atoms with E-state index in [0.29, 0.717) is 6.54 Å². The summed E-state index contributed by atoms with van der Waals surface area (Å²) in [6.07, 6.45) is 3.75. The molecule has 23 heavy (non-hydrogen) atoms. The average molecular weight is 314 g/mol. The van der Waals surface area contributed by atoms with Gasteiger partial charge in [-0.1, -0.05) is 30.3 Å². The zero-order chi connectivity index (χ0) is 16.2. The molecule has 1 atom stereocenters. The van der Waals surface area contributed by atoms with Gasteiger partial charge in [0.2, 0.25) is 0 Å². The number of amides is 1. The first kappa shape index (κ1) is 15.3. The maximum atomic E-state index is 12.6. The van der Waals surface area contributed by atoms with Crippen molar-refractivity contribution in [3.8, 4) is 0 Å². The molecule has 0 saturated carbocycles. The van der Waals surface area contributed by atoms with E-state index in [2.05, 4.69) is 12.1 Å². The highest BCUT2D eigenvalue weighted by Crippen LogP contribution is 2.25. The molecule has 120 valence electrons. The van der Waals surface area contributed by atoms with Crippen LogP contribution in [-0.4, -0.2) is 28.3 Å². The molecular formula is C17H18N2O4. The minimum absolute atomic E-state index is 0.0386. The number of benzene rings is 1. The molecule has 0 N–H and O–H groups in total. The fourth-order valence-electron chi connectivity index (χ4n) is 3.05. The van der Waals surface area contributed by atoms with E-state index in [-0.39, 0.29) is 17.7 Å². The Morgan fingerprint density at radius 1 is 1.22 bits per heavy atom. The Labute approximate surface area is 133 Å². The first-order chi connectivity index (χ1) is 11.1. The summed E-state index contributed by atoms with van der Waals surface area (Å²) in [6.45, 7) is 0.658. The van der Waals surface area contributed by atoms with Crippen LogP contribution in [0.1, 0.15) is 35.4 Å². The number of hydrogen-bond donors (Lipinski definition) is 0. The first-order valence-electron chi connectivity index (χ1n) is 7.74. The molecule has 0 aliphatic carbocycles. The lowest BCUT2D eigenvalue weighted by atomic mass is 9.95. The Bertz CT molecular complexity index is 696. The molecule has 1 aromatic carbocycles. The zero-order valence-corrected chi connectivity index (χ0v) is 12.7. The fraction of sp³-hybridized carbons (Fsp3) is 0.353. The molecule has 1 aromatic heterocycles. The normalized spacial score (nSPS) is 17.9. The van der Waals surface area contributed by atoms with Crippen LogP contribution in [0.15, 0.2) is 46.9 Å². The standard InChI is InChI=1S/C17H18N2O4/c20-17(15-9-10-16(23-15)19(21)22)18-11-5-4-8-14(18)12-13-6-2-1-3-7-13/h1-3,6-7,9-10,14H,4-5,8,11-12H2/t14-/m0/s1. The predicted molar refractivity (Wildman–Crippen MR) is 84.2 cm³/mol. The number of furan rings is 1. The molecule has 0 unspecified atom stereocenters. The number of hydrogen-bond acceptors (Lipinski definition) is 4. The lowest BCUT2D eigenvalue weighted by molar-refractivity contribution is -0.402. The highest BCUT2D eigenvalue weighted by molar-refractivity contribution is 5.92. The van der Waals surface area contributed by atoms with Crippen LogP contribution in [0.25, 0.3) is 0 Å². The molecule has 3 rings (SSSR count). The van der Waals surface area contributed by atoms with Crippen molar-refractivity contribution < 1.29 is 14.1 Å². The van der Waals surface area contributed by atoms with E-state index in [1.807, 2.05) is 18.2 Å². The van der Waals surface area contributed by atoms with Gasteiger partial charge in [-0.3, -0.25) is 14.9 Å². The number of rotatable bonds is 4. The second-order valence-electron chi connectivity index (χ2n) is 5.73. The summed E-state index contributed by atoms with van der Waals surface area (Å²) >= 11 is 0. The Morgan fingerprint density at radius 3 is 2.70 bits per heavy atom. The number of carbonyl (C=O) groups is 1. The maximum Gasteiger partial charge on any atom is 0.433 e. The van der Waals surface area contributed by atoms with Crippen LogP contribution in [0.2, 0.25) is 0 Å². The van der Waals surface area contributed by atoms with Gasteiger partial charge >= 0.3 is 5.88 Å². The van der Waals surface area contributed by atoms with Crippen LogP contribution >= 0.6 is 0 Å². The van der Waals surface area contributed by atoms with Crippen molar-refractivity contribution in [1.29, 1.82) is 0 Å². The number of likely N-dealkylation sites (tertiary alicyclic amines) is 1. The summed E-state index contributed by atoms with van der Waals surface area (Å²) in [4.78, 5) is 24.5. The highest BCUT2D eigenvalue weighted by Gasteiger charge is 2.30. The van der Waals surface area contributed by atoms with Gasteiger partial charge in [0.25, 0.3) is 5.91 Å². The Kier molecular flexibility index (Phi) is 4.41. The molecule has 2 heterocycles. The lowest BCUT2D eigenvalue weighted by Crippen LogP contribution is -2.44. The fourth-order valence-corrected chi connectivity index (χ4v) is 3.05. The summed E-state index contributed by atoms with van der Waals surface area (Å²) in [5, 5.41) is 10.7. The Balaban J connectivity index is 1.77. The minimum Gasteiger partial charge on any atom is -0.395 e. The molecule has 2 aromatic rings. The van der Waals surface area contributed by atoms with Crippen LogP contribution in [0.4, 0.5) is 5.88 Å². The molecule has 1 fully saturated rings. The summed E-state index contributed by atoms with van der Waals surface area (Å²) < 4.78 is 5.07. The average Bonchev–Trinajstić information content (AvgIpc) is 3.06. The minimum atomic E-state index is -0.631. The van der Waals surface area contributed by atoms with Crippen molar-refractivity contribution in [2.45, 2.75) is 31.7 Å². The number of nitrogens with zero attached hydrogens (tertiary/aromatic N) is 2. The second kappa shape index (κ2) is 6.64. The Hall–Kier alpha value is -2.63. The smallest absolute Gasteiger partial charge is 0.395 e. The van der Waals surface area contributed by atoms with Crippen molar-refractivity contribution in [2.75, 3.05) is 6.54 Å². The molecule has 0 spiro atoms. The third kappa shape index (κ3) is 3.41. The first-order valence-corrected chi connectivity index (χ1v) is 7.74. The van der Waals surface area contributed by atoms with Crippen LogP contribution in [0.3, 0.4) is 0 Å². The van der Waals surface area contributed by atoms with Crippen LogP contribution in [0.5, 0.6) is 0 Å². The predicted octanol–water partition coefficient (Wildman–Crippen LogP) is 3.43. The molecule has 1 amide bonds. The molecular weight excluding hydrogens is 296 g/mol.